The van der Waals surface area contributed by atoms with Gasteiger partial charge < -0.3 is 10.2 Å². The first-order valence-electron chi connectivity index (χ1n) is 3.35. The van der Waals surface area contributed by atoms with Crippen molar-refractivity contribution in [2.24, 2.45) is 5.41 Å². The second kappa shape index (κ2) is 3.90. The largest absolute Gasteiger partial charge is 0.481 e. The molecular formula is C8H10CuO3. The number of allylic oxidation sites excluding steroid dienone is 2. The average molecular weight is 218 g/mol. The van der Waals surface area contributed by atoms with E-state index < -0.39 is 17.5 Å². The maximum atomic E-state index is 10.6. The van der Waals surface area contributed by atoms with Gasteiger partial charge in [0.05, 0.1) is 6.10 Å². The van der Waals surface area contributed by atoms with Crippen LogP contribution in [-0.2, 0) is 21.9 Å². The Labute approximate surface area is 81.3 Å². The van der Waals surface area contributed by atoms with Gasteiger partial charge in [0.25, 0.3) is 0 Å². The second-order valence-corrected chi connectivity index (χ2v) is 2.78. The molecule has 12 heavy (non-hydrogen) atoms. The van der Waals surface area contributed by atoms with Crippen LogP contribution in [0.15, 0.2) is 24.3 Å². The number of carbonyl (C=O) groups is 1. The topological polar surface area (TPSA) is 57.5 Å². The molecule has 0 aromatic heterocycles. The Morgan fingerprint density at radius 2 is 2.08 bits per heavy atom. The number of carboxylic acid groups (broad SMARTS) is 1. The quantitative estimate of drug-likeness (QED) is 0.632. The second-order valence-electron chi connectivity index (χ2n) is 2.78. The summed E-state index contributed by atoms with van der Waals surface area (Å²) >= 11 is 0. The van der Waals surface area contributed by atoms with E-state index in [2.05, 4.69) is 0 Å². The SMILES string of the molecule is CC1(C(=O)O)C=CC=CC1O.[Cu]. The van der Waals surface area contributed by atoms with Crippen LogP contribution in [0.2, 0.25) is 0 Å². The van der Waals surface area contributed by atoms with E-state index in [0.29, 0.717) is 0 Å². The molecule has 0 saturated carbocycles. The Morgan fingerprint density at radius 3 is 2.42 bits per heavy atom. The van der Waals surface area contributed by atoms with Gasteiger partial charge in [-0.3, -0.25) is 4.79 Å². The van der Waals surface area contributed by atoms with E-state index in [-0.39, 0.29) is 17.1 Å². The number of aliphatic hydroxyl groups excluding tert-OH is 1. The van der Waals surface area contributed by atoms with E-state index in [1.54, 1.807) is 12.2 Å². The van der Waals surface area contributed by atoms with Crippen LogP contribution in [-0.4, -0.2) is 22.3 Å². The molecule has 0 heterocycles. The maximum absolute atomic E-state index is 10.6. The molecule has 1 aliphatic carbocycles. The van der Waals surface area contributed by atoms with Gasteiger partial charge >= 0.3 is 5.97 Å². The Morgan fingerprint density at radius 1 is 1.50 bits per heavy atom. The Hall–Kier alpha value is -0.571. The van der Waals surface area contributed by atoms with Crippen molar-refractivity contribution in [3.8, 4) is 0 Å². The van der Waals surface area contributed by atoms with E-state index >= 15 is 0 Å². The monoisotopic (exact) mass is 217 g/mol. The average Bonchev–Trinajstić information content (AvgIpc) is 1.95. The van der Waals surface area contributed by atoms with Crippen LogP contribution < -0.4 is 0 Å². The van der Waals surface area contributed by atoms with Crippen LogP contribution in [0, 0.1) is 5.41 Å². The molecule has 0 fully saturated rings. The zero-order chi connectivity index (χ0) is 8.48. The van der Waals surface area contributed by atoms with Crippen molar-refractivity contribution in [2.75, 3.05) is 0 Å². The van der Waals surface area contributed by atoms with Gasteiger partial charge in [-0.1, -0.05) is 24.3 Å². The minimum Gasteiger partial charge on any atom is -0.481 e. The van der Waals surface area contributed by atoms with Crippen LogP contribution in [0.3, 0.4) is 0 Å². The summed E-state index contributed by atoms with van der Waals surface area (Å²) in [7, 11) is 0. The fourth-order valence-corrected chi connectivity index (χ4v) is 0.921. The van der Waals surface area contributed by atoms with Gasteiger partial charge in [0.15, 0.2) is 0 Å². The minimum atomic E-state index is -1.16. The number of aliphatic carboxylic acids is 1. The van der Waals surface area contributed by atoms with Crippen molar-refractivity contribution in [1.82, 2.24) is 0 Å². The van der Waals surface area contributed by atoms with Crippen molar-refractivity contribution < 1.29 is 32.1 Å². The van der Waals surface area contributed by atoms with Crippen molar-refractivity contribution >= 4 is 5.97 Å². The molecule has 3 nitrogen and oxygen atoms in total. The number of rotatable bonds is 1. The third kappa shape index (κ3) is 1.77. The molecule has 2 atom stereocenters. The predicted octanol–water partition coefficient (Wildman–Crippen LogP) is 0.562. The van der Waals surface area contributed by atoms with E-state index in [4.69, 9.17) is 5.11 Å². The first kappa shape index (κ1) is 11.4. The summed E-state index contributed by atoms with van der Waals surface area (Å²) in [6.07, 6.45) is 5.29. The van der Waals surface area contributed by atoms with Gasteiger partial charge in [0, 0.05) is 17.1 Å². The van der Waals surface area contributed by atoms with Crippen LogP contribution in [0.1, 0.15) is 6.92 Å². The van der Waals surface area contributed by atoms with Crippen LogP contribution in [0.5, 0.6) is 0 Å². The molecule has 0 aliphatic heterocycles. The molecule has 1 aliphatic rings. The molecule has 4 heteroatoms. The normalized spacial score (nSPS) is 32.7. The summed E-state index contributed by atoms with van der Waals surface area (Å²) in [5, 5.41) is 18.0. The van der Waals surface area contributed by atoms with Crippen LogP contribution in [0.4, 0.5) is 0 Å². The Balaban J connectivity index is 0.00000121. The van der Waals surface area contributed by atoms with Crippen LogP contribution in [0.25, 0.3) is 0 Å². The van der Waals surface area contributed by atoms with Crippen molar-refractivity contribution in [3.63, 3.8) is 0 Å². The Kier molecular flexibility index (Phi) is 3.71. The maximum Gasteiger partial charge on any atom is 0.316 e. The van der Waals surface area contributed by atoms with E-state index in [0.717, 1.165) is 0 Å². The van der Waals surface area contributed by atoms with Gasteiger partial charge in [-0.15, -0.1) is 0 Å². The van der Waals surface area contributed by atoms with E-state index in [9.17, 15) is 9.90 Å². The molecule has 0 spiro atoms. The molecule has 0 bridgehead atoms. The number of hydrogen-bond donors (Lipinski definition) is 2. The zero-order valence-corrected chi connectivity index (χ0v) is 7.43. The molecule has 0 aromatic carbocycles. The summed E-state index contributed by atoms with van der Waals surface area (Å²) in [6.45, 7) is 1.49. The number of aliphatic hydroxyl groups is 1. The summed E-state index contributed by atoms with van der Waals surface area (Å²) in [5.74, 6) is -1.01. The summed E-state index contributed by atoms with van der Waals surface area (Å²) in [5.41, 5.74) is -1.16. The summed E-state index contributed by atoms with van der Waals surface area (Å²) in [6, 6.07) is 0. The molecule has 1 radical (unpaired) electrons. The van der Waals surface area contributed by atoms with Crippen molar-refractivity contribution in [1.29, 1.82) is 0 Å². The smallest absolute Gasteiger partial charge is 0.316 e. The third-order valence-corrected chi connectivity index (χ3v) is 1.92. The molecule has 2 unspecified atom stereocenters. The third-order valence-electron chi connectivity index (χ3n) is 1.92. The molecule has 0 amide bonds. The van der Waals surface area contributed by atoms with Gasteiger partial charge in [0.1, 0.15) is 5.41 Å². The predicted molar refractivity (Wildman–Crippen MR) is 40.0 cm³/mol. The fraction of sp³-hybridized carbons (Fsp3) is 0.375. The number of carboxylic acids is 1. The van der Waals surface area contributed by atoms with E-state index in [1.807, 2.05) is 0 Å². The minimum absolute atomic E-state index is 0. The molecule has 0 saturated heterocycles. The van der Waals surface area contributed by atoms with Gasteiger partial charge in [0.2, 0.25) is 0 Å². The van der Waals surface area contributed by atoms with Crippen molar-refractivity contribution in [3.05, 3.63) is 24.3 Å². The summed E-state index contributed by atoms with van der Waals surface area (Å²) < 4.78 is 0. The zero-order valence-electron chi connectivity index (χ0n) is 6.49. The van der Waals surface area contributed by atoms with Gasteiger partial charge in [-0.2, -0.15) is 0 Å². The van der Waals surface area contributed by atoms with E-state index in [1.165, 1.54) is 19.1 Å². The van der Waals surface area contributed by atoms with Crippen molar-refractivity contribution in [2.45, 2.75) is 13.0 Å². The molecular weight excluding hydrogens is 208 g/mol. The van der Waals surface area contributed by atoms with Crippen LogP contribution >= 0.6 is 0 Å². The van der Waals surface area contributed by atoms with Gasteiger partial charge in [-0.25, -0.2) is 0 Å². The first-order chi connectivity index (χ1) is 5.07. The fourth-order valence-electron chi connectivity index (χ4n) is 0.921. The molecule has 0 aromatic rings. The number of hydrogen-bond acceptors (Lipinski definition) is 2. The molecule has 2 N–H and O–H groups in total. The Bertz CT molecular complexity index is 234. The van der Waals surface area contributed by atoms with Gasteiger partial charge in [-0.05, 0) is 6.92 Å². The molecule has 1 rings (SSSR count). The standard InChI is InChI=1S/C8H10O3.Cu/c1-8(7(10)11)5-3-2-4-6(8)9;/h2-6,9H,1H3,(H,10,11);. The first-order valence-corrected chi connectivity index (χ1v) is 3.35. The summed E-state index contributed by atoms with van der Waals surface area (Å²) in [4.78, 5) is 10.6. The molecule has 71 valence electrons.